The molecule has 0 fully saturated rings. The van der Waals surface area contributed by atoms with Crippen molar-refractivity contribution in [1.82, 2.24) is 10.2 Å². The summed E-state index contributed by atoms with van der Waals surface area (Å²) in [6, 6.07) is 7.08. The van der Waals surface area contributed by atoms with Crippen LogP contribution in [0.3, 0.4) is 0 Å². The topological polar surface area (TPSA) is 52.1 Å². The van der Waals surface area contributed by atoms with Crippen LogP contribution in [0.2, 0.25) is 0 Å². The highest BCUT2D eigenvalue weighted by molar-refractivity contribution is 5.94. The number of rotatable bonds is 2. The van der Waals surface area contributed by atoms with Crippen LogP contribution in [0.15, 0.2) is 30.5 Å². The maximum absolute atomic E-state index is 11.4. The second kappa shape index (κ2) is 4.04. The molecule has 0 radical (unpaired) electrons. The number of ether oxygens (including phenoxy) is 1. The highest BCUT2D eigenvalue weighted by atomic mass is 16.5. The van der Waals surface area contributed by atoms with Gasteiger partial charge in [-0.05, 0) is 25.1 Å². The third-order valence-electron chi connectivity index (χ3n) is 2.03. The highest BCUT2D eigenvalue weighted by Gasteiger charge is 2.06. The van der Waals surface area contributed by atoms with E-state index in [0.717, 1.165) is 5.39 Å². The van der Waals surface area contributed by atoms with E-state index in [2.05, 4.69) is 10.2 Å². The normalized spacial score (nSPS) is 10.2. The Balaban J connectivity index is 2.42. The van der Waals surface area contributed by atoms with E-state index in [1.54, 1.807) is 25.3 Å². The number of fused-ring (bicyclic) bond motifs is 1. The molecule has 0 unspecified atom stereocenters. The molecule has 0 N–H and O–H groups in total. The number of carbonyl (C=O) groups excluding carboxylic acids is 1. The van der Waals surface area contributed by atoms with Gasteiger partial charge in [0, 0.05) is 5.39 Å². The zero-order valence-corrected chi connectivity index (χ0v) is 8.30. The molecule has 2 aromatic rings. The summed E-state index contributed by atoms with van der Waals surface area (Å²) in [5.41, 5.74) is 1.20. The fraction of sp³-hybridized carbons (Fsp3) is 0.182. The van der Waals surface area contributed by atoms with Gasteiger partial charge >= 0.3 is 5.97 Å². The number of aromatic nitrogens is 2. The summed E-state index contributed by atoms with van der Waals surface area (Å²) in [4.78, 5) is 11.4. The van der Waals surface area contributed by atoms with Crippen molar-refractivity contribution < 1.29 is 9.53 Å². The molecule has 1 aromatic carbocycles. The Morgan fingerprint density at radius 3 is 3.07 bits per heavy atom. The zero-order valence-electron chi connectivity index (χ0n) is 8.30. The standard InChI is InChI=1S/C11H10N2O2/c1-2-15-11(14)9-4-3-8-5-6-12-13-10(8)7-9/h3-7H,2H2,1H3. The van der Waals surface area contributed by atoms with Gasteiger partial charge in [0.1, 0.15) is 0 Å². The summed E-state index contributed by atoms with van der Waals surface area (Å²) in [5, 5.41) is 8.64. The van der Waals surface area contributed by atoms with Crippen LogP contribution in [-0.4, -0.2) is 22.8 Å². The van der Waals surface area contributed by atoms with Gasteiger partial charge in [0.05, 0.1) is 23.9 Å². The van der Waals surface area contributed by atoms with Gasteiger partial charge in [0.25, 0.3) is 0 Å². The van der Waals surface area contributed by atoms with Gasteiger partial charge in [-0.1, -0.05) is 6.07 Å². The van der Waals surface area contributed by atoms with E-state index in [0.29, 0.717) is 17.7 Å². The van der Waals surface area contributed by atoms with Crippen molar-refractivity contribution >= 4 is 16.9 Å². The first-order valence-corrected chi connectivity index (χ1v) is 4.70. The van der Waals surface area contributed by atoms with Crippen LogP contribution >= 0.6 is 0 Å². The first-order chi connectivity index (χ1) is 7.31. The van der Waals surface area contributed by atoms with E-state index in [9.17, 15) is 4.79 Å². The Morgan fingerprint density at radius 1 is 1.40 bits per heavy atom. The number of hydrogen-bond donors (Lipinski definition) is 0. The number of nitrogens with zero attached hydrogens (tertiary/aromatic N) is 2. The van der Waals surface area contributed by atoms with Crippen molar-refractivity contribution in [1.29, 1.82) is 0 Å². The second-order valence-corrected chi connectivity index (χ2v) is 3.03. The highest BCUT2D eigenvalue weighted by Crippen LogP contribution is 2.12. The molecule has 0 saturated carbocycles. The van der Waals surface area contributed by atoms with E-state index in [4.69, 9.17) is 4.74 Å². The van der Waals surface area contributed by atoms with E-state index < -0.39 is 0 Å². The zero-order chi connectivity index (χ0) is 10.7. The lowest BCUT2D eigenvalue weighted by atomic mass is 10.1. The Morgan fingerprint density at radius 2 is 2.27 bits per heavy atom. The van der Waals surface area contributed by atoms with Crippen molar-refractivity contribution in [3.63, 3.8) is 0 Å². The van der Waals surface area contributed by atoms with Crippen molar-refractivity contribution in [2.24, 2.45) is 0 Å². The van der Waals surface area contributed by atoms with Gasteiger partial charge in [-0.3, -0.25) is 0 Å². The lowest BCUT2D eigenvalue weighted by Crippen LogP contribution is -2.04. The lowest BCUT2D eigenvalue weighted by Gasteiger charge is -2.02. The number of esters is 1. The minimum absolute atomic E-state index is 0.329. The molecular weight excluding hydrogens is 192 g/mol. The fourth-order valence-corrected chi connectivity index (χ4v) is 1.32. The van der Waals surface area contributed by atoms with Crippen LogP contribution in [0.4, 0.5) is 0 Å². The molecule has 0 saturated heterocycles. The van der Waals surface area contributed by atoms with Crippen molar-refractivity contribution in [2.45, 2.75) is 6.92 Å². The van der Waals surface area contributed by atoms with E-state index in [1.807, 2.05) is 12.1 Å². The predicted molar refractivity (Wildman–Crippen MR) is 55.5 cm³/mol. The molecule has 1 aromatic heterocycles. The first-order valence-electron chi connectivity index (χ1n) is 4.70. The molecule has 0 aliphatic heterocycles. The summed E-state index contributed by atoms with van der Waals surface area (Å²) in [5.74, 6) is -0.329. The van der Waals surface area contributed by atoms with Gasteiger partial charge in [-0.25, -0.2) is 4.79 Å². The monoisotopic (exact) mass is 202 g/mol. The van der Waals surface area contributed by atoms with Crippen LogP contribution in [0, 0.1) is 0 Å². The molecular formula is C11H10N2O2. The van der Waals surface area contributed by atoms with Gasteiger partial charge < -0.3 is 4.74 Å². The SMILES string of the molecule is CCOC(=O)c1ccc2ccnnc2c1. The van der Waals surface area contributed by atoms with Crippen LogP contribution in [0.25, 0.3) is 10.9 Å². The quantitative estimate of drug-likeness (QED) is 0.697. The van der Waals surface area contributed by atoms with Crippen LogP contribution in [0.5, 0.6) is 0 Å². The van der Waals surface area contributed by atoms with Crippen LogP contribution < -0.4 is 0 Å². The predicted octanol–water partition coefficient (Wildman–Crippen LogP) is 1.81. The average molecular weight is 202 g/mol. The maximum Gasteiger partial charge on any atom is 0.338 e. The second-order valence-electron chi connectivity index (χ2n) is 3.03. The molecule has 4 heteroatoms. The molecule has 0 aliphatic carbocycles. The third-order valence-corrected chi connectivity index (χ3v) is 2.03. The number of carbonyl (C=O) groups is 1. The third kappa shape index (κ3) is 1.93. The van der Waals surface area contributed by atoms with E-state index in [-0.39, 0.29) is 5.97 Å². The lowest BCUT2D eigenvalue weighted by molar-refractivity contribution is 0.0526. The Bertz CT molecular complexity index is 497. The summed E-state index contributed by atoms with van der Waals surface area (Å²) < 4.78 is 4.89. The smallest absolute Gasteiger partial charge is 0.338 e. The van der Waals surface area contributed by atoms with Gasteiger partial charge in [-0.2, -0.15) is 10.2 Å². The summed E-state index contributed by atoms with van der Waals surface area (Å²) >= 11 is 0. The summed E-state index contributed by atoms with van der Waals surface area (Å²) in [7, 11) is 0. The van der Waals surface area contributed by atoms with Gasteiger partial charge in [0.2, 0.25) is 0 Å². The van der Waals surface area contributed by atoms with Crippen molar-refractivity contribution in [3.05, 3.63) is 36.0 Å². The van der Waals surface area contributed by atoms with Gasteiger partial charge in [0.15, 0.2) is 0 Å². The van der Waals surface area contributed by atoms with Crippen LogP contribution in [0.1, 0.15) is 17.3 Å². The molecule has 15 heavy (non-hydrogen) atoms. The minimum Gasteiger partial charge on any atom is -0.462 e. The largest absolute Gasteiger partial charge is 0.462 e. The minimum atomic E-state index is -0.329. The van der Waals surface area contributed by atoms with Crippen molar-refractivity contribution in [2.75, 3.05) is 6.61 Å². The molecule has 0 amide bonds. The first kappa shape index (κ1) is 9.58. The van der Waals surface area contributed by atoms with E-state index >= 15 is 0 Å². The Hall–Kier alpha value is -1.97. The molecule has 4 nitrogen and oxygen atoms in total. The molecule has 76 valence electrons. The Labute approximate surface area is 86.9 Å². The molecule has 2 rings (SSSR count). The van der Waals surface area contributed by atoms with Crippen LogP contribution in [-0.2, 0) is 4.74 Å². The average Bonchev–Trinajstić information content (AvgIpc) is 2.29. The number of hydrogen-bond acceptors (Lipinski definition) is 4. The maximum atomic E-state index is 11.4. The van der Waals surface area contributed by atoms with Gasteiger partial charge in [-0.15, -0.1) is 0 Å². The molecule has 0 aliphatic rings. The van der Waals surface area contributed by atoms with E-state index in [1.165, 1.54) is 0 Å². The Kier molecular flexibility index (Phi) is 2.58. The number of benzene rings is 1. The summed E-state index contributed by atoms with van der Waals surface area (Å²) in [6.07, 6.45) is 1.62. The molecule has 0 bridgehead atoms. The molecule has 1 heterocycles. The van der Waals surface area contributed by atoms with Crippen molar-refractivity contribution in [3.8, 4) is 0 Å². The molecule has 0 atom stereocenters. The fourth-order valence-electron chi connectivity index (χ4n) is 1.32. The molecule has 0 spiro atoms. The summed E-state index contributed by atoms with van der Waals surface area (Å²) in [6.45, 7) is 2.15.